The van der Waals surface area contributed by atoms with Gasteiger partial charge in [-0.05, 0) is 31.0 Å². The molecule has 4 nitrogen and oxygen atoms in total. The highest BCUT2D eigenvalue weighted by atomic mass is 16.5. The van der Waals surface area contributed by atoms with Gasteiger partial charge in [-0.25, -0.2) is 4.79 Å². The molecule has 1 saturated heterocycles. The summed E-state index contributed by atoms with van der Waals surface area (Å²) in [7, 11) is 0. The Kier molecular flexibility index (Phi) is 3.64. The Morgan fingerprint density at radius 3 is 3.06 bits per heavy atom. The number of hydrogen-bond donors (Lipinski definition) is 2. The molecule has 92 valence electrons. The van der Waals surface area contributed by atoms with E-state index in [1.807, 2.05) is 13.0 Å². The molecule has 2 rings (SSSR count). The van der Waals surface area contributed by atoms with E-state index in [-0.39, 0.29) is 0 Å². The smallest absolute Gasteiger partial charge is 0.336 e. The number of hydrogen-bond acceptors (Lipinski definition) is 3. The Labute approximate surface area is 101 Å². The van der Waals surface area contributed by atoms with E-state index in [2.05, 4.69) is 5.32 Å². The molecule has 1 unspecified atom stereocenters. The molecule has 0 radical (unpaired) electrons. The maximum atomic E-state index is 11.0. The summed E-state index contributed by atoms with van der Waals surface area (Å²) >= 11 is 0. The summed E-state index contributed by atoms with van der Waals surface area (Å²) < 4.78 is 5.30. The molecule has 4 heteroatoms. The normalized spacial score (nSPS) is 19.2. The SMILES string of the molecule is Cc1c(NCC2CCOC2)cccc1C(=O)O. The van der Waals surface area contributed by atoms with E-state index < -0.39 is 5.97 Å². The number of aromatic carboxylic acids is 1. The Morgan fingerprint density at radius 1 is 1.59 bits per heavy atom. The Balaban J connectivity index is 2.04. The predicted octanol–water partition coefficient (Wildman–Crippen LogP) is 2.14. The topological polar surface area (TPSA) is 58.6 Å². The second-order valence-electron chi connectivity index (χ2n) is 4.39. The molecule has 0 aromatic heterocycles. The van der Waals surface area contributed by atoms with Crippen LogP contribution in [0.1, 0.15) is 22.3 Å². The molecule has 1 aromatic carbocycles. The lowest BCUT2D eigenvalue weighted by Gasteiger charge is -2.14. The van der Waals surface area contributed by atoms with Crippen LogP contribution in [0.4, 0.5) is 5.69 Å². The van der Waals surface area contributed by atoms with E-state index in [0.29, 0.717) is 11.5 Å². The molecule has 1 aliphatic rings. The van der Waals surface area contributed by atoms with Gasteiger partial charge < -0.3 is 15.2 Å². The molecular formula is C13H17NO3. The number of ether oxygens (including phenoxy) is 1. The van der Waals surface area contributed by atoms with Crippen molar-refractivity contribution in [2.24, 2.45) is 5.92 Å². The van der Waals surface area contributed by atoms with Gasteiger partial charge in [-0.3, -0.25) is 0 Å². The highest BCUT2D eigenvalue weighted by Crippen LogP contribution is 2.20. The van der Waals surface area contributed by atoms with Crippen LogP contribution in [0.3, 0.4) is 0 Å². The third kappa shape index (κ3) is 2.77. The minimum atomic E-state index is -0.879. The monoisotopic (exact) mass is 235 g/mol. The number of benzene rings is 1. The van der Waals surface area contributed by atoms with Gasteiger partial charge in [0.2, 0.25) is 0 Å². The van der Waals surface area contributed by atoms with Gasteiger partial charge in [0.15, 0.2) is 0 Å². The number of anilines is 1. The highest BCUT2D eigenvalue weighted by Gasteiger charge is 2.16. The van der Waals surface area contributed by atoms with Gasteiger partial charge in [0.05, 0.1) is 12.2 Å². The first-order valence-corrected chi connectivity index (χ1v) is 5.83. The first-order valence-electron chi connectivity index (χ1n) is 5.83. The zero-order chi connectivity index (χ0) is 12.3. The summed E-state index contributed by atoms with van der Waals surface area (Å²) in [6, 6.07) is 5.31. The van der Waals surface area contributed by atoms with Crippen LogP contribution in [-0.4, -0.2) is 30.8 Å². The van der Waals surface area contributed by atoms with Crippen molar-refractivity contribution in [2.75, 3.05) is 25.1 Å². The fourth-order valence-corrected chi connectivity index (χ4v) is 2.06. The van der Waals surface area contributed by atoms with Crippen molar-refractivity contribution in [2.45, 2.75) is 13.3 Å². The standard InChI is InChI=1S/C13H17NO3/c1-9-11(13(15)16)3-2-4-12(9)14-7-10-5-6-17-8-10/h2-4,10,14H,5-8H2,1H3,(H,15,16). The van der Waals surface area contributed by atoms with Crippen LogP contribution in [-0.2, 0) is 4.74 Å². The molecule has 1 aromatic rings. The number of carboxylic acids is 1. The van der Waals surface area contributed by atoms with Crippen molar-refractivity contribution in [1.82, 2.24) is 0 Å². The fraction of sp³-hybridized carbons (Fsp3) is 0.462. The Hall–Kier alpha value is -1.55. The molecule has 17 heavy (non-hydrogen) atoms. The van der Waals surface area contributed by atoms with Gasteiger partial charge in [-0.1, -0.05) is 6.07 Å². The Morgan fingerprint density at radius 2 is 2.41 bits per heavy atom. The molecule has 1 fully saturated rings. The van der Waals surface area contributed by atoms with Crippen LogP contribution < -0.4 is 5.32 Å². The van der Waals surface area contributed by atoms with Crippen LogP contribution in [0.25, 0.3) is 0 Å². The zero-order valence-corrected chi connectivity index (χ0v) is 9.90. The molecular weight excluding hydrogens is 218 g/mol. The summed E-state index contributed by atoms with van der Waals surface area (Å²) in [5.41, 5.74) is 2.05. The van der Waals surface area contributed by atoms with Crippen LogP contribution in [0.2, 0.25) is 0 Å². The molecule has 0 spiro atoms. The average molecular weight is 235 g/mol. The molecule has 2 N–H and O–H groups in total. The van der Waals surface area contributed by atoms with Crippen LogP contribution >= 0.6 is 0 Å². The fourth-order valence-electron chi connectivity index (χ4n) is 2.06. The number of carboxylic acid groups (broad SMARTS) is 1. The second-order valence-corrected chi connectivity index (χ2v) is 4.39. The number of carbonyl (C=O) groups is 1. The van der Waals surface area contributed by atoms with Crippen molar-refractivity contribution in [3.05, 3.63) is 29.3 Å². The summed E-state index contributed by atoms with van der Waals surface area (Å²) in [5.74, 6) is -0.349. The third-order valence-electron chi connectivity index (χ3n) is 3.17. The molecule has 1 aliphatic heterocycles. The summed E-state index contributed by atoms with van der Waals surface area (Å²) in [4.78, 5) is 11.0. The zero-order valence-electron chi connectivity index (χ0n) is 9.90. The van der Waals surface area contributed by atoms with Gasteiger partial charge in [-0.15, -0.1) is 0 Å². The van der Waals surface area contributed by atoms with E-state index >= 15 is 0 Å². The summed E-state index contributed by atoms with van der Waals surface area (Å²) in [6.45, 7) is 4.30. The van der Waals surface area contributed by atoms with Crippen molar-refractivity contribution >= 4 is 11.7 Å². The summed E-state index contributed by atoms with van der Waals surface area (Å²) in [5, 5.41) is 12.3. The maximum absolute atomic E-state index is 11.0. The van der Waals surface area contributed by atoms with Crippen molar-refractivity contribution in [1.29, 1.82) is 0 Å². The lowest BCUT2D eigenvalue weighted by molar-refractivity contribution is 0.0696. The quantitative estimate of drug-likeness (QED) is 0.839. The molecule has 0 bridgehead atoms. The first-order chi connectivity index (χ1) is 8.18. The van der Waals surface area contributed by atoms with Crippen LogP contribution in [0, 0.1) is 12.8 Å². The van der Waals surface area contributed by atoms with Crippen molar-refractivity contribution in [3.8, 4) is 0 Å². The predicted molar refractivity (Wildman–Crippen MR) is 65.6 cm³/mol. The Bertz CT molecular complexity index is 411. The van der Waals surface area contributed by atoms with Gasteiger partial charge >= 0.3 is 5.97 Å². The molecule has 0 saturated carbocycles. The number of nitrogens with one attached hydrogen (secondary N) is 1. The minimum Gasteiger partial charge on any atom is -0.478 e. The minimum absolute atomic E-state index is 0.359. The third-order valence-corrected chi connectivity index (χ3v) is 3.17. The summed E-state index contributed by atoms with van der Waals surface area (Å²) in [6.07, 6.45) is 1.07. The van der Waals surface area contributed by atoms with Crippen LogP contribution in [0.15, 0.2) is 18.2 Å². The lowest BCUT2D eigenvalue weighted by Crippen LogP contribution is -2.15. The van der Waals surface area contributed by atoms with Gasteiger partial charge in [0, 0.05) is 24.8 Å². The van der Waals surface area contributed by atoms with Gasteiger partial charge in [0.1, 0.15) is 0 Å². The van der Waals surface area contributed by atoms with Gasteiger partial charge in [-0.2, -0.15) is 0 Å². The van der Waals surface area contributed by atoms with E-state index in [1.54, 1.807) is 12.1 Å². The van der Waals surface area contributed by atoms with E-state index in [4.69, 9.17) is 9.84 Å². The lowest BCUT2D eigenvalue weighted by atomic mass is 10.1. The molecule has 0 amide bonds. The average Bonchev–Trinajstić information content (AvgIpc) is 2.80. The van der Waals surface area contributed by atoms with Crippen LogP contribution in [0.5, 0.6) is 0 Å². The van der Waals surface area contributed by atoms with E-state index in [9.17, 15) is 4.79 Å². The van der Waals surface area contributed by atoms with E-state index in [1.165, 1.54) is 0 Å². The van der Waals surface area contributed by atoms with Gasteiger partial charge in [0.25, 0.3) is 0 Å². The molecule has 1 atom stereocenters. The van der Waals surface area contributed by atoms with Crippen molar-refractivity contribution < 1.29 is 14.6 Å². The largest absolute Gasteiger partial charge is 0.478 e. The molecule has 0 aliphatic carbocycles. The molecule has 1 heterocycles. The highest BCUT2D eigenvalue weighted by molar-refractivity contribution is 5.91. The second kappa shape index (κ2) is 5.19. The van der Waals surface area contributed by atoms with E-state index in [0.717, 1.165) is 37.4 Å². The first kappa shape index (κ1) is 11.9. The maximum Gasteiger partial charge on any atom is 0.336 e. The van der Waals surface area contributed by atoms with Crippen molar-refractivity contribution in [3.63, 3.8) is 0 Å². The number of rotatable bonds is 4.